The molecule has 1 saturated heterocycles. The number of fused-ring (bicyclic) bond motifs is 1. The number of piperidine rings is 1. The molecule has 0 spiro atoms. The Kier molecular flexibility index (Phi) is 7.01. The Morgan fingerprint density at radius 3 is 2.51 bits per heavy atom. The second-order valence-corrected chi connectivity index (χ2v) is 9.80. The molecular weight excluding hydrogens is 462 g/mol. The molecular formula is C29H33N7O. The molecule has 0 saturated carbocycles. The summed E-state index contributed by atoms with van der Waals surface area (Å²) in [6.07, 6.45) is 5.98. The normalized spacial score (nSPS) is 14.2. The molecule has 8 nitrogen and oxygen atoms in total. The maximum absolute atomic E-state index is 12.1. The number of pyridine rings is 1. The van der Waals surface area contributed by atoms with Crippen LogP contribution in [0, 0.1) is 6.92 Å². The van der Waals surface area contributed by atoms with Gasteiger partial charge in [-0.2, -0.15) is 0 Å². The fraction of sp³-hybridized carbons (Fsp3) is 0.310. The zero-order chi connectivity index (χ0) is 25.9. The first-order valence-corrected chi connectivity index (χ1v) is 12.7. The largest absolute Gasteiger partial charge is 0.357 e. The number of hydrogen-bond donors (Lipinski definition) is 2. The third-order valence-corrected chi connectivity index (χ3v) is 7.08. The van der Waals surface area contributed by atoms with Gasteiger partial charge in [0.25, 0.3) is 5.91 Å². The molecule has 2 N–H and O–H groups in total. The molecule has 4 aromatic rings. The summed E-state index contributed by atoms with van der Waals surface area (Å²) < 4.78 is 0. The molecule has 37 heavy (non-hydrogen) atoms. The molecule has 0 aliphatic carbocycles. The van der Waals surface area contributed by atoms with E-state index in [1.165, 1.54) is 0 Å². The van der Waals surface area contributed by atoms with Crippen LogP contribution in [-0.4, -0.2) is 66.0 Å². The number of anilines is 3. The second kappa shape index (κ2) is 10.5. The molecule has 0 bridgehead atoms. The zero-order valence-corrected chi connectivity index (χ0v) is 21.8. The molecule has 2 aromatic carbocycles. The van der Waals surface area contributed by atoms with Crippen molar-refractivity contribution in [3.8, 4) is 11.1 Å². The van der Waals surface area contributed by atoms with Gasteiger partial charge in [-0.15, -0.1) is 0 Å². The molecule has 5 rings (SSSR count). The average molecular weight is 496 g/mol. The Hall–Kier alpha value is -4.04. The van der Waals surface area contributed by atoms with Crippen molar-refractivity contribution < 1.29 is 4.79 Å². The number of carbonyl (C=O) groups excluding carboxylic acids is 1. The van der Waals surface area contributed by atoms with Gasteiger partial charge in [-0.05, 0) is 86.9 Å². The standard InChI is InChI=1S/C29H33N7O/c1-19-14-22(20-6-5-7-21(15-20)28(37)30-2)16-23-17-32-29(34-27(19)23)33-24-8-9-26(31-18-24)36-12-10-25(11-13-36)35(3)4/h5-9,14-18,25H,10-13H2,1-4H3,(H,30,37)(H,32,33,34). The molecule has 190 valence electrons. The summed E-state index contributed by atoms with van der Waals surface area (Å²) in [7, 11) is 5.95. The van der Waals surface area contributed by atoms with Crippen LogP contribution in [0.4, 0.5) is 17.5 Å². The smallest absolute Gasteiger partial charge is 0.251 e. The quantitative estimate of drug-likeness (QED) is 0.403. The topological polar surface area (TPSA) is 86.3 Å². The Morgan fingerprint density at radius 2 is 1.81 bits per heavy atom. The summed E-state index contributed by atoms with van der Waals surface area (Å²) in [4.78, 5) is 30.7. The molecule has 3 heterocycles. The van der Waals surface area contributed by atoms with Gasteiger partial charge in [0.2, 0.25) is 5.95 Å². The first-order valence-electron chi connectivity index (χ1n) is 12.7. The van der Waals surface area contributed by atoms with Crippen LogP contribution in [0.25, 0.3) is 22.0 Å². The molecule has 1 aliphatic heterocycles. The van der Waals surface area contributed by atoms with Crippen molar-refractivity contribution in [1.29, 1.82) is 0 Å². The van der Waals surface area contributed by atoms with Crippen molar-refractivity contribution in [2.45, 2.75) is 25.8 Å². The fourth-order valence-electron chi connectivity index (χ4n) is 4.92. The van der Waals surface area contributed by atoms with Gasteiger partial charge in [0.05, 0.1) is 17.4 Å². The van der Waals surface area contributed by atoms with Gasteiger partial charge < -0.3 is 20.4 Å². The number of amides is 1. The molecule has 1 aliphatic rings. The highest BCUT2D eigenvalue weighted by Crippen LogP contribution is 2.28. The Morgan fingerprint density at radius 1 is 1.00 bits per heavy atom. The molecule has 1 fully saturated rings. The van der Waals surface area contributed by atoms with Crippen LogP contribution < -0.4 is 15.5 Å². The molecule has 0 radical (unpaired) electrons. The van der Waals surface area contributed by atoms with Gasteiger partial charge in [-0.1, -0.05) is 12.1 Å². The Labute approximate surface area is 217 Å². The number of nitrogens with zero attached hydrogens (tertiary/aromatic N) is 5. The lowest BCUT2D eigenvalue weighted by atomic mass is 9.99. The third kappa shape index (κ3) is 5.39. The fourth-order valence-corrected chi connectivity index (χ4v) is 4.92. The van der Waals surface area contributed by atoms with Crippen LogP contribution in [-0.2, 0) is 0 Å². The number of carbonyl (C=O) groups is 1. The highest BCUT2D eigenvalue weighted by atomic mass is 16.1. The lowest BCUT2D eigenvalue weighted by molar-refractivity contribution is 0.0963. The van der Waals surface area contributed by atoms with Crippen molar-refractivity contribution >= 4 is 34.3 Å². The lowest BCUT2D eigenvalue weighted by Gasteiger charge is -2.35. The summed E-state index contributed by atoms with van der Waals surface area (Å²) in [5.74, 6) is 1.44. The molecule has 1 amide bonds. The molecule has 8 heteroatoms. The van der Waals surface area contributed by atoms with E-state index in [9.17, 15) is 4.79 Å². The molecule has 0 unspecified atom stereocenters. The van der Waals surface area contributed by atoms with E-state index in [1.54, 1.807) is 7.05 Å². The first kappa shape index (κ1) is 24.6. The Balaban J connectivity index is 1.31. The van der Waals surface area contributed by atoms with Crippen molar-refractivity contribution in [3.05, 3.63) is 72.1 Å². The van der Waals surface area contributed by atoms with Crippen LogP contribution in [0.2, 0.25) is 0 Å². The van der Waals surface area contributed by atoms with E-state index in [2.05, 4.69) is 62.7 Å². The second-order valence-electron chi connectivity index (χ2n) is 9.80. The number of aryl methyl sites for hydroxylation is 1. The van der Waals surface area contributed by atoms with Crippen LogP contribution in [0.15, 0.2) is 60.9 Å². The maximum Gasteiger partial charge on any atom is 0.251 e. The summed E-state index contributed by atoms with van der Waals surface area (Å²) in [5.41, 5.74) is 5.41. The number of benzene rings is 2. The van der Waals surface area contributed by atoms with Crippen LogP contribution in [0.3, 0.4) is 0 Å². The van der Waals surface area contributed by atoms with Crippen LogP contribution in [0.5, 0.6) is 0 Å². The van der Waals surface area contributed by atoms with Gasteiger partial charge >= 0.3 is 0 Å². The molecule has 0 atom stereocenters. The molecule has 2 aromatic heterocycles. The van der Waals surface area contributed by atoms with E-state index < -0.39 is 0 Å². The van der Waals surface area contributed by atoms with Gasteiger partial charge in [0.15, 0.2) is 0 Å². The Bertz CT molecular complexity index is 1410. The number of hydrogen-bond acceptors (Lipinski definition) is 7. The first-order chi connectivity index (χ1) is 17.9. The van der Waals surface area contributed by atoms with Crippen LogP contribution >= 0.6 is 0 Å². The number of nitrogens with one attached hydrogen (secondary N) is 2. The van der Waals surface area contributed by atoms with Crippen molar-refractivity contribution in [3.63, 3.8) is 0 Å². The highest BCUT2D eigenvalue weighted by Gasteiger charge is 2.21. The third-order valence-electron chi connectivity index (χ3n) is 7.08. The van der Waals surface area contributed by atoms with Crippen LogP contribution in [0.1, 0.15) is 28.8 Å². The monoisotopic (exact) mass is 495 g/mol. The van der Waals surface area contributed by atoms with E-state index in [-0.39, 0.29) is 5.91 Å². The van der Waals surface area contributed by atoms with Crippen molar-refractivity contribution in [2.24, 2.45) is 0 Å². The predicted molar refractivity (Wildman–Crippen MR) is 150 cm³/mol. The van der Waals surface area contributed by atoms with Crippen molar-refractivity contribution in [1.82, 2.24) is 25.2 Å². The van der Waals surface area contributed by atoms with Gasteiger partial charge in [-0.25, -0.2) is 15.0 Å². The van der Waals surface area contributed by atoms with E-state index in [1.807, 2.05) is 49.6 Å². The summed E-state index contributed by atoms with van der Waals surface area (Å²) in [5, 5.41) is 6.92. The van der Waals surface area contributed by atoms with Gasteiger partial charge in [0.1, 0.15) is 5.82 Å². The maximum atomic E-state index is 12.1. The minimum absolute atomic E-state index is 0.102. The van der Waals surface area contributed by atoms with E-state index in [0.29, 0.717) is 17.6 Å². The number of aromatic nitrogens is 3. The predicted octanol–water partition coefficient (Wildman–Crippen LogP) is 4.63. The van der Waals surface area contributed by atoms with Gasteiger partial charge in [0, 0.05) is 43.3 Å². The average Bonchev–Trinajstić information content (AvgIpc) is 2.93. The lowest BCUT2D eigenvalue weighted by Crippen LogP contribution is -2.42. The van der Waals surface area contributed by atoms with E-state index >= 15 is 0 Å². The summed E-state index contributed by atoms with van der Waals surface area (Å²) in [6.45, 7) is 4.09. The summed E-state index contributed by atoms with van der Waals surface area (Å²) in [6, 6.07) is 16.5. The van der Waals surface area contributed by atoms with Crippen molar-refractivity contribution in [2.75, 3.05) is 44.4 Å². The zero-order valence-electron chi connectivity index (χ0n) is 21.8. The number of rotatable bonds is 6. The highest BCUT2D eigenvalue weighted by molar-refractivity contribution is 5.96. The SMILES string of the molecule is CNC(=O)c1cccc(-c2cc(C)c3nc(Nc4ccc(N5CCC(N(C)C)CC5)nc4)ncc3c2)c1. The minimum Gasteiger partial charge on any atom is -0.357 e. The summed E-state index contributed by atoms with van der Waals surface area (Å²) >= 11 is 0. The van der Waals surface area contributed by atoms with E-state index in [0.717, 1.165) is 65.0 Å². The minimum atomic E-state index is -0.102. The van der Waals surface area contributed by atoms with E-state index in [4.69, 9.17) is 4.98 Å². The van der Waals surface area contributed by atoms with Gasteiger partial charge in [-0.3, -0.25) is 4.79 Å².